The van der Waals surface area contributed by atoms with Crippen LogP contribution in [0.1, 0.15) is 16.8 Å². The Morgan fingerprint density at radius 1 is 0.781 bits per heavy atom. The maximum absolute atomic E-state index is 5.94. The zero-order chi connectivity index (χ0) is 22.2. The Hall–Kier alpha value is -3.68. The zero-order valence-electron chi connectivity index (χ0n) is 17.2. The molecule has 158 valence electrons. The van der Waals surface area contributed by atoms with Crippen LogP contribution in [0, 0.1) is 6.92 Å². The maximum atomic E-state index is 5.94. The highest BCUT2D eigenvalue weighted by Crippen LogP contribution is 2.26. The minimum atomic E-state index is 0.590. The van der Waals surface area contributed by atoms with Crippen LogP contribution in [0.4, 0.5) is 10.7 Å². The van der Waals surface area contributed by atoms with Gasteiger partial charge >= 0.3 is 0 Å². The summed E-state index contributed by atoms with van der Waals surface area (Å²) >= 11 is 7.30. The monoisotopic (exact) mass is 458 g/mol. The molecule has 4 rings (SSSR count). The fourth-order valence-electron chi connectivity index (χ4n) is 2.69. The van der Waals surface area contributed by atoms with Crippen molar-refractivity contribution in [2.45, 2.75) is 6.92 Å². The predicted molar refractivity (Wildman–Crippen MR) is 132 cm³/mol. The van der Waals surface area contributed by atoms with Crippen molar-refractivity contribution in [3.8, 4) is 0 Å². The van der Waals surface area contributed by atoms with Crippen molar-refractivity contribution in [2.75, 3.05) is 0 Å². The molecule has 0 N–H and O–H groups in total. The van der Waals surface area contributed by atoms with E-state index in [4.69, 9.17) is 11.6 Å². The number of hydrogen-bond donors (Lipinski definition) is 0. The van der Waals surface area contributed by atoms with Crippen LogP contribution in [0.5, 0.6) is 0 Å². The maximum Gasteiger partial charge on any atom is 0.233 e. The third-order valence-corrected chi connectivity index (χ3v) is 5.61. The van der Waals surface area contributed by atoms with Gasteiger partial charge in [0.05, 0.1) is 23.8 Å². The molecule has 1 aromatic heterocycles. The third-order valence-electron chi connectivity index (χ3n) is 4.35. The second-order valence-corrected chi connectivity index (χ2v) is 8.07. The number of benzene rings is 3. The van der Waals surface area contributed by atoms with Gasteiger partial charge in [0.25, 0.3) is 0 Å². The van der Waals surface area contributed by atoms with E-state index in [-0.39, 0.29) is 0 Å². The Labute approximate surface area is 194 Å². The van der Waals surface area contributed by atoms with Crippen molar-refractivity contribution >= 4 is 46.1 Å². The van der Waals surface area contributed by atoms with E-state index >= 15 is 0 Å². The predicted octanol–water partition coefficient (Wildman–Crippen LogP) is 6.74. The lowest BCUT2D eigenvalue weighted by molar-refractivity contribution is 0.796. The highest BCUT2D eigenvalue weighted by Gasteiger charge is 2.09. The largest absolute Gasteiger partial charge is 0.233 e. The van der Waals surface area contributed by atoms with Gasteiger partial charge in [0.1, 0.15) is 0 Å². The number of azo groups is 1. The normalized spacial score (nSPS) is 12.5. The molecular weight excluding hydrogens is 440 g/mol. The molecule has 0 radical (unpaired) electrons. The Balaban J connectivity index is 1.70. The quantitative estimate of drug-likeness (QED) is 0.174. The first-order valence-corrected chi connectivity index (χ1v) is 11.0. The van der Waals surface area contributed by atoms with Gasteiger partial charge in [0, 0.05) is 5.02 Å². The fourth-order valence-corrected chi connectivity index (χ4v) is 3.66. The van der Waals surface area contributed by atoms with Gasteiger partial charge in [-0.3, -0.25) is 0 Å². The van der Waals surface area contributed by atoms with Gasteiger partial charge in [-0.1, -0.05) is 83.6 Å². The second-order valence-electron chi connectivity index (χ2n) is 6.67. The lowest BCUT2D eigenvalue weighted by Gasteiger charge is -1.98. The fraction of sp³-hybridized carbons (Fsp3) is 0.0417. The minimum Gasteiger partial charge on any atom is -0.206 e. The second kappa shape index (κ2) is 10.6. The Bertz CT molecular complexity index is 1320. The van der Waals surface area contributed by atoms with E-state index in [2.05, 4.69) is 25.5 Å². The average molecular weight is 459 g/mol. The molecule has 0 amide bonds. The summed E-state index contributed by atoms with van der Waals surface area (Å²) in [5.74, 6) is 0. The van der Waals surface area contributed by atoms with Crippen molar-refractivity contribution in [1.29, 1.82) is 0 Å². The number of halogens is 1. The number of nitrogens with zero attached hydrogens (tertiary/aromatic N) is 6. The lowest BCUT2D eigenvalue weighted by Crippen LogP contribution is -2.11. The van der Waals surface area contributed by atoms with E-state index in [0.717, 1.165) is 16.8 Å². The van der Waals surface area contributed by atoms with Crippen LogP contribution in [0.2, 0.25) is 5.02 Å². The molecule has 0 aliphatic carbocycles. The summed E-state index contributed by atoms with van der Waals surface area (Å²) in [6.45, 7) is 1.93. The van der Waals surface area contributed by atoms with Gasteiger partial charge in [-0.15, -0.1) is 15.3 Å². The average Bonchev–Trinajstić information content (AvgIpc) is 3.13. The summed E-state index contributed by atoms with van der Waals surface area (Å²) < 4.78 is 1.72. The highest BCUT2D eigenvalue weighted by atomic mass is 35.5. The number of aromatic nitrogens is 1. The Kier molecular flexibility index (Phi) is 7.12. The molecule has 0 aliphatic heterocycles. The molecule has 0 aliphatic rings. The minimum absolute atomic E-state index is 0.590. The first-order valence-electron chi connectivity index (χ1n) is 9.80. The summed E-state index contributed by atoms with van der Waals surface area (Å²) in [5.41, 5.74) is 3.47. The van der Waals surface area contributed by atoms with Crippen LogP contribution in [0.25, 0.3) is 0 Å². The van der Waals surface area contributed by atoms with Gasteiger partial charge in [0.15, 0.2) is 5.00 Å². The SMILES string of the molecule is Cc1c(N=Nc2ccc(Cl)cc2)s/c(=N/N=C/c2ccccc2)n1/N=C/c1ccccc1. The van der Waals surface area contributed by atoms with Gasteiger partial charge in [0.2, 0.25) is 4.80 Å². The molecule has 32 heavy (non-hydrogen) atoms. The summed E-state index contributed by atoms with van der Waals surface area (Å²) in [4.78, 5) is 0.590. The molecule has 0 bridgehead atoms. The summed E-state index contributed by atoms with van der Waals surface area (Å²) in [5, 5.41) is 23.3. The van der Waals surface area contributed by atoms with Crippen molar-refractivity contribution in [3.05, 3.63) is 112 Å². The van der Waals surface area contributed by atoms with Crippen molar-refractivity contribution in [1.82, 2.24) is 4.68 Å². The Morgan fingerprint density at radius 2 is 1.41 bits per heavy atom. The standard InChI is InChI=1S/C24H19ClN6S/c1-18-23(29-28-22-14-12-21(25)13-15-22)32-24(30-26-16-19-8-4-2-5-9-19)31(18)27-17-20-10-6-3-7-11-20/h2-17H,1H3/b26-16+,27-17+,29-28?,30-24+. The lowest BCUT2D eigenvalue weighted by atomic mass is 10.2. The number of thiazole rings is 1. The molecule has 0 saturated heterocycles. The molecule has 6 nitrogen and oxygen atoms in total. The van der Waals surface area contributed by atoms with Gasteiger partial charge < -0.3 is 0 Å². The molecule has 8 heteroatoms. The van der Waals surface area contributed by atoms with Crippen LogP contribution >= 0.6 is 22.9 Å². The van der Waals surface area contributed by atoms with Gasteiger partial charge in [-0.2, -0.15) is 10.2 Å². The summed E-state index contributed by atoms with van der Waals surface area (Å²) in [7, 11) is 0. The molecule has 0 unspecified atom stereocenters. The van der Waals surface area contributed by atoms with Crippen molar-refractivity contribution < 1.29 is 0 Å². The van der Waals surface area contributed by atoms with Gasteiger partial charge in [-0.25, -0.2) is 4.68 Å². The number of hydrogen-bond acceptors (Lipinski definition) is 6. The topological polar surface area (TPSA) is 66.7 Å². The molecule has 1 heterocycles. The summed E-state index contributed by atoms with van der Waals surface area (Å²) in [6, 6.07) is 26.8. The van der Waals surface area contributed by atoms with E-state index in [1.165, 1.54) is 11.3 Å². The molecule has 0 fully saturated rings. The van der Waals surface area contributed by atoms with E-state index in [1.807, 2.05) is 79.7 Å². The highest BCUT2D eigenvalue weighted by molar-refractivity contribution is 7.13. The third kappa shape index (κ3) is 5.72. The van der Waals surface area contributed by atoms with E-state index in [9.17, 15) is 0 Å². The van der Waals surface area contributed by atoms with Crippen molar-refractivity contribution in [2.24, 2.45) is 25.5 Å². The van der Waals surface area contributed by atoms with Crippen LogP contribution in [0.3, 0.4) is 0 Å². The van der Waals surface area contributed by atoms with Crippen LogP contribution in [0.15, 0.2) is 110 Å². The molecule has 0 atom stereocenters. The van der Waals surface area contributed by atoms with E-state index in [0.29, 0.717) is 20.5 Å². The van der Waals surface area contributed by atoms with E-state index < -0.39 is 0 Å². The van der Waals surface area contributed by atoms with Crippen LogP contribution < -0.4 is 4.80 Å². The first-order chi connectivity index (χ1) is 15.7. The molecule has 3 aromatic carbocycles. The Morgan fingerprint density at radius 3 is 2.06 bits per heavy atom. The smallest absolute Gasteiger partial charge is 0.206 e. The molecule has 0 spiro atoms. The van der Waals surface area contributed by atoms with Gasteiger partial charge in [-0.05, 0) is 42.3 Å². The molecular formula is C24H19ClN6S. The first kappa shape index (κ1) is 21.5. The molecule has 0 saturated carbocycles. The molecule has 4 aromatic rings. The zero-order valence-corrected chi connectivity index (χ0v) is 18.8. The van der Waals surface area contributed by atoms with Crippen LogP contribution in [-0.2, 0) is 0 Å². The van der Waals surface area contributed by atoms with Crippen LogP contribution in [-0.4, -0.2) is 17.1 Å². The van der Waals surface area contributed by atoms with E-state index in [1.54, 1.807) is 29.2 Å². The number of rotatable bonds is 6. The van der Waals surface area contributed by atoms with Crippen molar-refractivity contribution in [3.63, 3.8) is 0 Å². The summed E-state index contributed by atoms with van der Waals surface area (Å²) in [6.07, 6.45) is 3.48.